The van der Waals surface area contributed by atoms with E-state index in [9.17, 15) is 13.2 Å². The van der Waals surface area contributed by atoms with Crippen molar-refractivity contribution in [2.45, 2.75) is 18.7 Å². The molecular formula is C21H20N4O4S. The van der Waals surface area contributed by atoms with E-state index < -0.39 is 9.84 Å². The third-order valence-electron chi connectivity index (χ3n) is 4.92. The predicted octanol–water partition coefficient (Wildman–Crippen LogP) is 3.22. The molecule has 30 heavy (non-hydrogen) atoms. The molecule has 0 aliphatic carbocycles. The highest BCUT2D eigenvalue weighted by Gasteiger charge is 2.20. The van der Waals surface area contributed by atoms with Crippen LogP contribution in [-0.4, -0.2) is 33.7 Å². The number of sulfone groups is 1. The van der Waals surface area contributed by atoms with Crippen molar-refractivity contribution in [2.24, 2.45) is 7.05 Å². The number of pyridine rings is 1. The van der Waals surface area contributed by atoms with Gasteiger partial charge in [0.1, 0.15) is 11.3 Å². The van der Waals surface area contributed by atoms with Crippen molar-refractivity contribution in [3.8, 4) is 22.8 Å². The molecule has 1 aromatic carbocycles. The van der Waals surface area contributed by atoms with Gasteiger partial charge < -0.3 is 14.3 Å². The Hall–Kier alpha value is -3.46. The summed E-state index contributed by atoms with van der Waals surface area (Å²) in [5.74, 6) is 0.717. The second-order valence-corrected chi connectivity index (χ2v) is 9.11. The lowest BCUT2D eigenvalue weighted by molar-refractivity contribution is 0.456. The zero-order chi connectivity index (χ0) is 21.5. The van der Waals surface area contributed by atoms with Gasteiger partial charge in [0.15, 0.2) is 9.84 Å². The molecule has 9 heteroatoms. The van der Waals surface area contributed by atoms with Crippen LogP contribution in [0.5, 0.6) is 11.6 Å². The highest BCUT2D eigenvalue weighted by molar-refractivity contribution is 7.91. The Morgan fingerprint density at radius 2 is 1.90 bits per heavy atom. The van der Waals surface area contributed by atoms with Gasteiger partial charge in [-0.2, -0.15) is 0 Å². The highest BCUT2D eigenvalue weighted by Crippen LogP contribution is 2.39. The van der Waals surface area contributed by atoms with Crippen LogP contribution in [0.25, 0.3) is 22.0 Å². The molecule has 0 spiro atoms. The van der Waals surface area contributed by atoms with Crippen LogP contribution >= 0.6 is 0 Å². The zero-order valence-corrected chi connectivity index (χ0v) is 17.5. The molecule has 0 bridgehead atoms. The van der Waals surface area contributed by atoms with Gasteiger partial charge in [0.2, 0.25) is 5.88 Å². The van der Waals surface area contributed by atoms with Crippen molar-refractivity contribution in [3.05, 3.63) is 65.1 Å². The number of ether oxygens (including phenoxy) is 1. The molecular weight excluding hydrogens is 404 g/mol. The smallest absolute Gasteiger partial charge is 0.272 e. The first-order chi connectivity index (χ1) is 14.3. The standard InChI is InChI=1S/C21H20N4O4S/c1-4-30(27,28)14-5-6-18(29-21-13(2)22-9-10-24-21)16(11-14)17-12-25(3)19-15(17)7-8-23-20(19)26/h5-12H,4H2,1-3H3,(H,23,26). The fourth-order valence-electron chi connectivity index (χ4n) is 3.35. The van der Waals surface area contributed by atoms with Crippen molar-refractivity contribution in [2.75, 3.05) is 5.75 Å². The molecule has 0 aliphatic rings. The number of aryl methyl sites for hydroxylation is 2. The lowest BCUT2D eigenvalue weighted by Gasteiger charge is -2.13. The van der Waals surface area contributed by atoms with Crippen LogP contribution in [0.1, 0.15) is 12.6 Å². The Labute approximate surface area is 173 Å². The average molecular weight is 424 g/mol. The molecule has 4 rings (SSSR count). The van der Waals surface area contributed by atoms with Crippen molar-refractivity contribution < 1.29 is 13.2 Å². The summed E-state index contributed by atoms with van der Waals surface area (Å²) < 4.78 is 32.7. The fourth-order valence-corrected chi connectivity index (χ4v) is 4.25. The second kappa shape index (κ2) is 7.42. The van der Waals surface area contributed by atoms with E-state index in [2.05, 4.69) is 15.0 Å². The van der Waals surface area contributed by atoms with Gasteiger partial charge in [-0.25, -0.2) is 13.4 Å². The van der Waals surface area contributed by atoms with E-state index in [1.807, 2.05) is 0 Å². The number of hydrogen-bond acceptors (Lipinski definition) is 6. The van der Waals surface area contributed by atoms with Crippen LogP contribution in [0.15, 0.2) is 58.7 Å². The van der Waals surface area contributed by atoms with E-state index in [-0.39, 0.29) is 16.2 Å². The number of aromatic amines is 1. The molecule has 3 aromatic heterocycles. The fraction of sp³-hybridized carbons (Fsp3) is 0.190. The third kappa shape index (κ3) is 3.37. The zero-order valence-electron chi connectivity index (χ0n) is 16.7. The summed E-state index contributed by atoms with van der Waals surface area (Å²) in [7, 11) is -1.67. The van der Waals surface area contributed by atoms with Crippen LogP contribution in [0.2, 0.25) is 0 Å². The van der Waals surface area contributed by atoms with Gasteiger partial charge >= 0.3 is 0 Å². The minimum absolute atomic E-state index is 0.0227. The molecule has 0 radical (unpaired) electrons. The lowest BCUT2D eigenvalue weighted by atomic mass is 10.0. The van der Waals surface area contributed by atoms with Gasteiger partial charge in [0.05, 0.1) is 16.3 Å². The SMILES string of the molecule is CCS(=O)(=O)c1ccc(Oc2nccnc2C)c(-c2cn(C)c3c(=O)[nH]ccc23)c1. The largest absolute Gasteiger partial charge is 0.437 e. The Kier molecular flexibility index (Phi) is 4.90. The number of hydrogen-bond donors (Lipinski definition) is 1. The Morgan fingerprint density at radius 1 is 1.13 bits per heavy atom. The number of nitrogens with one attached hydrogen (secondary N) is 1. The van der Waals surface area contributed by atoms with Gasteiger partial charge in [0.25, 0.3) is 5.56 Å². The number of H-pyrrole nitrogens is 1. The van der Waals surface area contributed by atoms with Crippen LogP contribution in [0.4, 0.5) is 0 Å². The Morgan fingerprint density at radius 3 is 2.63 bits per heavy atom. The summed E-state index contributed by atoms with van der Waals surface area (Å²) in [6.45, 7) is 3.37. The van der Waals surface area contributed by atoms with Crippen LogP contribution in [-0.2, 0) is 16.9 Å². The molecule has 8 nitrogen and oxygen atoms in total. The minimum atomic E-state index is -3.44. The maximum atomic E-state index is 12.5. The first kappa shape index (κ1) is 19.8. The number of fused-ring (bicyclic) bond motifs is 1. The molecule has 0 unspecified atom stereocenters. The molecule has 4 aromatic rings. The molecule has 1 N–H and O–H groups in total. The van der Waals surface area contributed by atoms with Crippen molar-refractivity contribution in [1.82, 2.24) is 19.5 Å². The van der Waals surface area contributed by atoms with E-state index in [0.717, 1.165) is 0 Å². The summed E-state index contributed by atoms with van der Waals surface area (Å²) in [5, 5.41) is 0.688. The molecule has 154 valence electrons. The summed E-state index contributed by atoms with van der Waals surface area (Å²) >= 11 is 0. The Bertz CT molecular complexity index is 1420. The summed E-state index contributed by atoms with van der Waals surface area (Å²) in [5.41, 5.74) is 2.08. The topological polar surface area (TPSA) is 107 Å². The van der Waals surface area contributed by atoms with E-state index in [4.69, 9.17) is 4.74 Å². The summed E-state index contributed by atoms with van der Waals surface area (Å²) in [4.78, 5) is 23.6. The molecule has 0 saturated carbocycles. The van der Waals surface area contributed by atoms with Crippen LogP contribution < -0.4 is 10.3 Å². The predicted molar refractivity (Wildman–Crippen MR) is 114 cm³/mol. The van der Waals surface area contributed by atoms with Gasteiger partial charge in [-0.05, 0) is 31.2 Å². The second-order valence-electron chi connectivity index (χ2n) is 6.83. The molecule has 0 amide bonds. The molecule has 0 atom stereocenters. The van der Waals surface area contributed by atoms with E-state index in [1.165, 1.54) is 12.3 Å². The van der Waals surface area contributed by atoms with Crippen molar-refractivity contribution in [3.63, 3.8) is 0 Å². The number of aromatic nitrogens is 4. The Balaban J connectivity index is 1.99. The average Bonchev–Trinajstić information content (AvgIpc) is 3.07. The molecule has 0 saturated heterocycles. The molecule has 0 aliphatic heterocycles. The number of benzene rings is 1. The van der Waals surface area contributed by atoms with Gasteiger partial charge in [-0.15, -0.1) is 0 Å². The first-order valence-electron chi connectivity index (χ1n) is 9.31. The van der Waals surface area contributed by atoms with E-state index >= 15 is 0 Å². The van der Waals surface area contributed by atoms with Crippen molar-refractivity contribution in [1.29, 1.82) is 0 Å². The maximum absolute atomic E-state index is 12.5. The van der Waals surface area contributed by atoms with Gasteiger partial charge in [0, 0.05) is 48.3 Å². The summed E-state index contributed by atoms with van der Waals surface area (Å²) in [6, 6.07) is 6.49. The quantitative estimate of drug-likeness (QED) is 0.527. The highest BCUT2D eigenvalue weighted by atomic mass is 32.2. The normalized spacial score (nSPS) is 11.7. The third-order valence-corrected chi connectivity index (χ3v) is 6.66. The molecule has 3 heterocycles. The number of rotatable bonds is 5. The first-order valence-corrected chi connectivity index (χ1v) is 11.0. The van der Waals surface area contributed by atoms with Crippen LogP contribution in [0.3, 0.4) is 0 Å². The number of nitrogens with zero attached hydrogens (tertiary/aromatic N) is 3. The van der Waals surface area contributed by atoms with E-state index in [0.29, 0.717) is 39.4 Å². The van der Waals surface area contributed by atoms with Gasteiger partial charge in [-0.3, -0.25) is 9.78 Å². The van der Waals surface area contributed by atoms with E-state index in [1.54, 1.807) is 62.3 Å². The van der Waals surface area contributed by atoms with Crippen molar-refractivity contribution >= 4 is 20.7 Å². The molecule has 0 fully saturated rings. The maximum Gasteiger partial charge on any atom is 0.272 e. The summed E-state index contributed by atoms with van der Waals surface area (Å²) in [6.07, 6.45) is 6.44. The van der Waals surface area contributed by atoms with Gasteiger partial charge in [-0.1, -0.05) is 6.92 Å². The van der Waals surface area contributed by atoms with Crippen LogP contribution in [0, 0.1) is 6.92 Å². The lowest BCUT2D eigenvalue weighted by Crippen LogP contribution is -2.07. The minimum Gasteiger partial charge on any atom is -0.437 e. The monoisotopic (exact) mass is 424 g/mol.